The molecule has 0 radical (unpaired) electrons. The number of ether oxygens (including phenoxy) is 1. The van der Waals surface area contributed by atoms with Crippen LogP contribution in [-0.2, 0) is 4.74 Å². The Kier molecular flexibility index (Phi) is 3.12. The molecule has 0 amide bonds. The van der Waals surface area contributed by atoms with Gasteiger partial charge >= 0.3 is 6.18 Å². The Morgan fingerprint density at radius 2 is 1.73 bits per heavy atom. The lowest BCUT2D eigenvalue weighted by Crippen LogP contribution is -2.41. The molecule has 0 aromatic heterocycles. The van der Waals surface area contributed by atoms with Crippen molar-refractivity contribution in [1.82, 2.24) is 0 Å². The Balaban J connectivity index is 2.63. The molecule has 1 aliphatic carbocycles. The van der Waals surface area contributed by atoms with Gasteiger partial charge in [0.2, 0.25) is 0 Å². The van der Waals surface area contributed by atoms with E-state index in [1.54, 1.807) is 6.92 Å². The molecular weight excluding hydrogens is 205 g/mol. The molecule has 1 nitrogen and oxygen atoms in total. The Labute approximate surface area is 89.0 Å². The third kappa shape index (κ3) is 2.47. The van der Waals surface area contributed by atoms with Gasteiger partial charge in [-0.3, -0.25) is 0 Å². The van der Waals surface area contributed by atoms with Crippen LogP contribution < -0.4 is 0 Å². The minimum atomic E-state index is -4.22. The minimum absolute atomic E-state index is 0.112. The van der Waals surface area contributed by atoms with Crippen LogP contribution in [0.4, 0.5) is 13.2 Å². The van der Waals surface area contributed by atoms with Crippen molar-refractivity contribution in [3.8, 4) is 0 Å². The minimum Gasteiger partial charge on any atom is -0.362 e. The number of hydrogen-bond donors (Lipinski definition) is 0. The summed E-state index contributed by atoms with van der Waals surface area (Å²) in [7, 11) is 0. The maximum Gasteiger partial charge on any atom is 0.417 e. The number of alkyl halides is 3. The smallest absolute Gasteiger partial charge is 0.362 e. The highest BCUT2D eigenvalue weighted by atomic mass is 19.4. The molecule has 1 aliphatic rings. The molecule has 4 heteroatoms. The quantitative estimate of drug-likeness (QED) is 0.703. The lowest BCUT2D eigenvalue weighted by atomic mass is 9.84. The van der Waals surface area contributed by atoms with Gasteiger partial charge < -0.3 is 4.74 Å². The van der Waals surface area contributed by atoms with Crippen LogP contribution in [-0.4, -0.2) is 17.9 Å². The predicted octanol–water partition coefficient (Wildman–Crippen LogP) is 3.92. The lowest BCUT2D eigenvalue weighted by Gasteiger charge is -2.34. The molecule has 15 heavy (non-hydrogen) atoms. The summed E-state index contributed by atoms with van der Waals surface area (Å²) in [5.41, 5.74) is -2.04. The first kappa shape index (κ1) is 12.8. The molecule has 0 aromatic rings. The predicted molar refractivity (Wildman–Crippen MR) is 52.6 cm³/mol. The molecule has 0 saturated heterocycles. The highest BCUT2D eigenvalue weighted by Gasteiger charge is 2.65. The molecule has 1 saturated carbocycles. The fourth-order valence-corrected chi connectivity index (χ4v) is 1.37. The summed E-state index contributed by atoms with van der Waals surface area (Å²) in [5, 5.41) is 0. The van der Waals surface area contributed by atoms with Gasteiger partial charge in [-0.2, -0.15) is 13.2 Å². The Morgan fingerprint density at radius 1 is 1.27 bits per heavy atom. The van der Waals surface area contributed by atoms with Gasteiger partial charge in [-0.05, 0) is 31.6 Å². The van der Waals surface area contributed by atoms with Crippen molar-refractivity contribution in [3.05, 3.63) is 0 Å². The molecule has 0 spiro atoms. The zero-order chi connectivity index (χ0) is 11.9. The lowest BCUT2D eigenvalue weighted by molar-refractivity contribution is -0.256. The molecule has 90 valence electrons. The van der Waals surface area contributed by atoms with E-state index in [9.17, 15) is 13.2 Å². The fraction of sp³-hybridized carbons (Fsp3) is 1.00. The van der Waals surface area contributed by atoms with Crippen molar-refractivity contribution >= 4 is 0 Å². The van der Waals surface area contributed by atoms with Crippen molar-refractivity contribution in [3.63, 3.8) is 0 Å². The van der Waals surface area contributed by atoms with Crippen LogP contribution in [0.5, 0.6) is 0 Å². The van der Waals surface area contributed by atoms with E-state index in [0.717, 1.165) is 6.42 Å². The van der Waals surface area contributed by atoms with Gasteiger partial charge in [-0.25, -0.2) is 0 Å². The molecular formula is C11H19F3O. The average Bonchev–Trinajstić information content (AvgIpc) is 2.84. The van der Waals surface area contributed by atoms with E-state index in [4.69, 9.17) is 4.74 Å². The Hall–Kier alpha value is -0.250. The second-order valence-electron chi connectivity index (χ2n) is 5.09. The zero-order valence-electron chi connectivity index (χ0n) is 9.74. The van der Waals surface area contributed by atoms with Crippen molar-refractivity contribution < 1.29 is 17.9 Å². The molecule has 0 heterocycles. The number of hydrogen-bond acceptors (Lipinski definition) is 1. The summed E-state index contributed by atoms with van der Waals surface area (Å²) in [6.45, 7) is 7.57. The molecule has 0 aliphatic heterocycles. The standard InChI is InChI=1S/C11H19F3O/c1-5-9(3,4)8(2)15-10(6-7-10)11(12,13)14/h8H,5-7H2,1-4H3. The average molecular weight is 224 g/mol. The van der Waals surface area contributed by atoms with E-state index in [-0.39, 0.29) is 24.4 Å². The first-order valence-electron chi connectivity index (χ1n) is 5.39. The van der Waals surface area contributed by atoms with Crippen LogP contribution in [0.3, 0.4) is 0 Å². The molecule has 0 N–H and O–H groups in total. The van der Waals surface area contributed by atoms with E-state index in [1.165, 1.54) is 0 Å². The summed E-state index contributed by atoms with van der Waals surface area (Å²) in [6.07, 6.45) is -3.55. The van der Waals surface area contributed by atoms with Gasteiger partial charge in [-0.15, -0.1) is 0 Å². The third-order valence-electron chi connectivity index (χ3n) is 3.63. The van der Waals surface area contributed by atoms with Gasteiger partial charge in [0.05, 0.1) is 6.10 Å². The molecule has 1 fully saturated rings. The van der Waals surface area contributed by atoms with Gasteiger partial charge in [0.1, 0.15) is 0 Å². The van der Waals surface area contributed by atoms with E-state index in [0.29, 0.717) is 0 Å². The van der Waals surface area contributed by atoms with Gasteiger partial charge in [0.15, 0.2) is 5.60 Å². The SMILES string of the molecule is CCC(C)(C)C(C)OC1(C(F)(F)F)CC1. The van der Waals surface area contributed by atoms with Gasteiger partial charge in [0, 0.05) is 0 Å². The van der Waals surface area contributed by atoms with Crippen LogP contribution >= 0.6 is 0 Å². The second-order valence-corrected chi connectivity index (χ2v) is 5.09. The van der Waals surface area contributed by atoms with Crippen LogP contribution in [0.15, 0.2) is 0 Å². The summed E-state index contributed by atoms with van der Waals surface area (Å²) >= 11 is 0. The van der Waals surface area contributed by atoms with Crippen LogP contribution in [0.1, 0.15) is 47.0 Å². The maximum atomic E-state index is 12.6. The Bertz CT molecular complexity index is 228. The number of rotatable bonds is 4. The van der Waals surface area contributed by atoms with Crippen LogP contribution in [0.25, 0.3) is 0 Å². The van der Waals surface area contributed by atoms with Gasteiger partial charge in [0.25, 0.3) is 0 Å². The summed E-state index contributed by atoms with van der Waals surface area (Å²) in [6, 6.07) is 0. The van der Waals surface area contributed by atoms with Crippen LogP contribution in [0.2, 0.25) is 0 Å². The van der Waals surface area contributed by atoms with E-state index in [1.807, 2.05) is 20.8 Å². The third-order valence-corrected chi connectivity index (χ3v) is 3.63. The molecule has 1 unspecified atom stereocenters. The van der Waals surface area contributed by atoms with E-state index in [2.05, 4.69) is 0 Å². The molecule has 0 aromatic carbocycles. The van der Waals surface area contributed by atoms with E-state index < -0.39 is 11.8 Å². The van der Waals surface area contributed by atoms with Crippen molar-refractivity contribution in [1.29, 1.82) is 0 Å². The molecule has 0 bridgehead atoms. The summed E-state index contributed by atoms with van der Waals surface area (Å²) in [5.74, 6) is 0. The highest BCUT2D eigenvalue weighted by molar-refractivity contribution is 5.03. The van der Waals surface area contributed by atoms with Crippen molar-refractivity contribution in [2.75, 3.05) is 0 Å². The van der Waals surface area contributed by atoms with E-state index >= 15 is 0 Å². The Morgan fingerprint density at radius 3 is 2.00 bits per heavy atom. The zero-order valence-corrected chi connectivity index (χ0v) is 9.74. The topological polar surface area (TPSA) is 9.23 Å². The largest absolute Gasteiger partial charge is 0.417 e. The first-order chi connectivity index (χ1) is 6.65. The highest BCUT2D eigenvalue weighted by Crippen LogP contribution is 2.53. The molecule has 1 atom stereocenters. The van der Waals surface area contributed by atoms with Crippen molar-refractivity contribution in [2.45, 2.75) is 64.8 Å². The normalized spacial score (nSPS) is 22.6. The summed E-state index contributed by atoms with van der Waals surface area (Å²) in [4.78, 5) is 0. The van der Waals surface area contributed by atoms with Crippen molar-refractivity contribution in [2.24, 2.45) is 5.41 Å². The second kappa shape index (κ2) is 3.65. The van der Waals surface area contributed by atoms with Gasteiger partial charge in [-0.1, -0.05) is 20.8 Å². The molecule has 1 rings (SSSR count). The monoisotopic (exact) mass is 224 g/mol. The van der Waals surface area contributed by atoms with Crippen LogP contribution in [0, 0.1) is 5.41 Å². The first-order valence-corrected chi connectivity index (χ1v) is 5.39. The maximum absolute atomic E-state index is 12.6. The summed E-state index contributed by atoms with van der Waals surface area (Å²) < 4.78 is 43.1. The number of halogens is 3. The fourth-order valence-electron chi connectivity index (χ4n) is 1.37.